The van der Waals surface area contributed by atoms with Crippen LogP contribution in [0.2, 0.25) is 0 Å². The zero-order chi connectivity index (χ0) is 14.3. The van der Waals surface area contributed by atoms with Crippen molar-refractivity contribution in [2.45, 2.75) is 31.2 Å². The Balaban J connectivity index is 1.90. The average Bonchev–Trinajstić information content (AvgIpc) is 3.03. The number of nitrogens with zero attached hydrogens (tertiary/aromatic N) is 2. The van der Waals surface area contributed by atoms with Crippen molar-refractivity contribution in [3.8, 4) is 11.4 Å². The summed E-state index contributed by atoms with van der Waals surface area (Å²) in [5, 5.41) is 3.69. The highest BCUT2D eigenvalue weighted by Gasteiger charge is 2.28. The van der Waals surface area contributed by atoms with Gasteiger partial charge < -0.3 is 10.3 Å². The van der Waals surface area contributed by atoms with Crippen LogP contribution in [0.15, 0.2) is 16.7 Å². The Morgan fingerprint density at radius 3 is 2.45 bits per heavy atom. The molecule has 1 aliphatic rings. The minimum absolute atomic E-state index is 0.0401. The third-order valence-corrected chi connectivity index (χ3v) is 3.51. The van der Waals surface area contributed by atoms with E-state index in [9.17, 15) is 13.2 Å². The van der Waals surface area contributed by atoms with Crippen LogP contribution in [-0.4, -0.2) is 16.2 Å². The number of aromatic nitrogens is 2. The van der Waals surface area contributed by atoms with Crippen LogP contribution in [0, 0.1) is 17.5 Å². The molecule has 2 aromatic rings. The van der Waals surface area contributed by atoms with Crippen LogP contribution in [0.5, 0.6) is 0 Å². The summed E-state index contributed by atoms with van der Waals surface area (Å²) in [7, 11) is 0. The molecule has 0 bridgehead atoms. The Morgan fingerprint density at radius 1 is 1.15 bits per heavy atom. The summed E-state index contributed by atoms with van der Waals surface area (Å²) in [6, 6.07) is 1.79. The fourth-order valence-corrected chi connectivity index (χ4v) is 2.44. The molecule has 0 saturated heterocycles. The first kappa shape index (κ1) is 13.1. The molecule has 106 valence electrons. The standard InChI is InChI=1S/C13H12F3N3O/c14-9-4-7(5-10(15)11(9)16)12-18-13(20-19-12)6-1-2-8(17)3-6/h4-6,8H,1-3,17H2. The second-order valence-electron chi connectivity index (χ2n) is 4.98. The fraction of sp³-hybridized carbons (Fsp3) is 0.385. The average molecular weight is 283 g/mol. The van der Waals surface area contributed by atoms with Crippen LogP contribution < -0.4 is 5.73 Å². The van der Waals surface area contributed by atoms with E-state index in [1.807, 2.05) is 0 Å². The van der Waals surface area contributed by atoms with Gasteiger partial charge in [0.15, 0.2) is 17.5 Å². The molecule has 1 heterocycles. The lowest BCUT2D eigenvalue weighted by Gasteiger charge is -2.01. The molecule has 0 aliphatic heterocycles. The molecule has 1 saturated carbocycles. The van der Waals surface area contributed by atoms with Crippen LogP contribution in [0.25, 0.3) is 11.4 Å². The zero-order valence-electron chi connectivity index (χ0n) is 10.4. The van der Waals surface area contributed by atoms with Crippen LogP contribution >= 0.6 is 0 Å². The van der Waals surface area contributed by atoms with Gasteiger partial charge in [0.2, 0.25) is 11.7 Å². The lowest BCUT2D eigenvalue weighted by molar-refractivity contribution is 0.353. The van der Waals surface area contributed by atoms with Gasteiger partial charge in [0, 0.05) is 17.5 Å². The zero-order valence-corrected chi connectivity index (χ0v) is 10.4. The number of rotatable bonds is 2. The number of benzene rings is 1. The summed E-state index contributed by atoms with van der Waals surface area (Å²) in [5.74, 6) is -3.57. The molecular weight excluding hydrogens is 271 g/mol. The molecule has 3 rings (SSSR count). The number of hydrogen-bond donors (Lipinski definition) is 1. The molecule has 7 heteroatoms. The molecule has 0 radical (unpaired) electrons. The molecule has 1 aliphatic carbocycles. The number of hydrogen-bond acceptors (Lipinski definition) is 4. The van der Waals surface area contributed by atoms with Gasteiger partial charge >= 0.3 is 0 Å². The van der Waals surface area contributed by atoms with Gasteiger partial charge in [-0.1, -0.05) is 5.16 Å². The molecule has 2 N–H and O–H groups in total. The Morgan fingerprint density at radius 2 is 1.85 bits per heavy atom. The predicted octanol–water partition coefficient (Wildman–Crippen LogP) is 2.75. The first-order chi connectivity index (χ1) is 9.54. The van der Waals surface area contributed by atoms with Gasteiger partial charge in [0.25, 0.3) is 0 Å². The maximum absolute atomic E-state index is 13.2. The third kappa shape index (κ3) is 2.29. The Labute approximate surface area is 112 Å². The van der Waals surface area contributed by atoms with Crippen molar-refractivity contribution in [2.75, 3.05) is 0 Å². The van der Waals surface area contributed by atoms with Gasteiger partial charge in [-0.05, 0) is 31.4 Å². The van der Waals surface area contributed by atoms with E-state index in [2.05, 4.69) is 10.1 Å². The lowest BCUT2D eigenvalue weighted by Crippen LogP contribution is -2.14. The SMILES string of the molecule is NC1CCC(c2nc(-c3cc(F)c(F)c(F)c3)no2)C1. The molecule has 20 heavy (non-hydrogen) atoms. The summed E-state index contributed by atoms with van der Waals surface area (Å²) in [6.45, 7) is 0. The van der Waals surface area contributed by atoms with E-state index in [1.54, 1.807) is 0 Å². The lowest BCUT2D eigenvalue weighted by atomic mass is 10.1. The minimum atomic E-state index is -1.51. The Bertz CT molecular complexity index is 621. The normalized spacial score (nSPS) is 22.4. The van der Waals surface area contributed by atoms with Gasteiger partial charge in [-0.3, -0.25) is 0 Å². The molecule has 0 amide bonds. The highest BCUT2D eigenvalue weighted by molar-refractivity contribution is 5.54. The van der Waals surface area contributed by atoms with E-state index in [0.717, 1.165) is 31.4 Å². The number of halogens is 3. The first-order valence-electron chi connectivity index (χ1n) is 6.28. The van der Waals surface area contributed by atoms with Gasteiger partial charge in [-0.25, -0.2) is 13.2 Å². The summed E-state index contributed by atoms with van der Waals surface area (Å²) in [6.07, 6.45) is 2.46. The van der Waals surface area contributed by atoms with Crippen molar-refractivity contribution in [1.29, 1.82) is 0 Å². The van der Waals surface area contributed by atoms with Gasteiger partial charge in [0.1, 0.15) is 0 Å². The third-order valence-electron chi connectivity index (χ3n) is 3.51. The van der Waals surface area contributed by atoms with Crippen molar-refractivity contribution in [2.24, 2.45) is 5.73 Å². The molecule has 0 spiro atoms. The second kappa shape index (κ2) is 4.90. The fourth-order valence-electron chi connectivity index (χ4n) is 2.44. The molecule has 2 atom stereocenters. The maximum Gasteiger partial charge on any atom is 0.230 e. The van der Waals surface area contributed by atoms with Crippen molar-refractivity contribution in [3.63, 3.8) is 0 Å². The summed E-state index contributed by atoms with van der Waals surface area (Å²) in [4.78, 5) is 4.12. The van der Waals surface area contributed by atoms with E-state index in [-0.39, 0.29) is 23.3 Å². The van der Waals surface area contributed by atoms with E-state index in [0.29, 0.717) is 5.89 Å². The van der Waals surface area contributed by atoms with Gasteiger partial charge in [-0.2, -0.15) is 4.98 Å². The monoisotopic (exact) mass is 283 g/mol. The predicted molar refractivity (Wildman–Crippen MR) is 64.2 cm³/mol. The van der Waals surface area contributed by atoms with Crippen LogP contribution in [-0.2, 0) is 0 Å². The highest BCUT2D eigenvalue weighted by atomic mass is 19.2. The van der Waals surface area contributed by atoms with E-state index in [1.165, 1.54) is 0 Å². The molecule has 4 nitrogen and oxygen atoms in total. The van der Waals surface area contributed by atoms with Gasteiger partial charge in [0.05, 0.1) is 0 Å². The summed E-state index contributed by atoms with van der Waals surface area (Å²) >= 11 is 0. The smallest absolute Gasteiger partial charge is 0.230 e. The Kier molecular flexibility index (Phi) is 3.21. The van der Waals surface area contributed by atoms with Crippen molar-refractivity contribution in [3.05, 3.63) is 35.5 Å². The summed E-state index contributed by atoms with van der Waals surface area (Å²) < 4.78 is 44.3. The van der Waals surface area contributed by atoms with Crippen molar-refractivity contribution < 1.29 is 17.7 Å². The number of nitrogens with two attached hydrogens (primary N) is 1. The summed E-state index contributed by atoms with van der Waals surface area (Å²) in [5.41, 5.74) is 5.85. The minimum Gasteiger partial charge on any atom is -0.339 e. The Hall–Kier alpha value is -1.89. The largest absolute Gasteiger partial charge is 0.339 e. The van der Waals surface area contributed by atoms with Crippen molar-refractivity contribution >= 4 is 0 Å². The van der Waals surface area contributed by atoms with E-state index >= 15 is 0 Å². The molecule has 1 aromatic heterocycles. The first-order valence-corrected chi connectivity index (χ1v) is 6.28. The van der Waals surface area contributed by atoms with Crippen LogP contribution in [0.4, 0.5) is 13.2 Å². The van der Waals surface area contributed by atoms with Crippen LogP contribution in [0.1, 0.15) is 31.1 Å². The maximum atomic E-state index is 13.2. The van der Waals surface area contributed by atoms with Gasteiger partial charge in [-0.15, -0.1) is 0 Å². The van der Waals surface area contributed by atoms with Crippen LogP contribution in [0.3, 0.4) is 0 Å². The van der Waals surface area contributed by atoms with E-state index < -0.39 is 17.5 Å². The molecular formula is C13H12F3N3O. The molecule has 1 aromatic carbocycles. The highest BCUT2D eigenvalue weighted by Crippen LogP contribution is 2.33. The quantitative estimate of drug-likeness (QED) is 0.861. The van der Waals surface area contributed by atoms with E-state index in [4.69, 9.17) is 10.3 Å². The molecule has 1 fully saturated rings. The topological polar surface area (TPSA) is 64.9 Å². The van der Waals surface area contributed by atoms with Crippen molar-refractivity contribution in [1.82, 2.24) is 10.1 Å². The second-order valence-corrected chi connectivity index (χ2v) is 4.98. The molecule has 2 unspecified atom stereocenters.